The van der Waals surface area contributed by atoms with Crippen LogP contribution in [0.4, 0.5) is 0 Å². The van der Waals surface area contributed by atoms with E-state index < -0.39 is 0 Å². The zero-order valence-electron chi connectivity index (χ0n) is 16.9. The van der Waals surface area contributed by atoms with Crippen molar-refractivity contribution in [3.05, 3.63) is 29.8 Å². The molecule has 0 aliphatic carbocycles. The molecule has 0 fully saturated rings. The molecule has 0 heterocycles. The first-order valence-electron chi connectivity index (χ1n) is 8.64. The van der Waals surface area contributed by atoms with Gasteiger partial charge in [-0.25, -0.2) is 0 Å². The lowest BCUT2D eigenvalue weighted by atomic mass is 9.88. The van der Waals surface area contributed by atoms with Crippen LogP contribution in [0.2, 0.25) is 0 Å². The van der Waals surface area contributed by atoms with Crippen LogP contribution in [0, 0.1) is 5.41 Å². The Kier molecular flexibility index (Phi) is 1.67. The highest BCUT2D eigenvalue weighted by Gasteiger charge is 2.11. The van der Waals surface area contributed by atoms with E-state index >= 15 is 0 Å². The van der Waals surface area contributed by atoms with Gasteiger partial charge in [-0.15, -0.1) is 0 Å². The van der Waals surface area contributed by atoms with Crippen molar-refractivity contribution in [1.29, 1.82) is 0 Å². The molecule has 0 saturated heterocycles. The summed E-state index contributed by atoms with van der Waals surface area (Å²) in [5.41, 5.74) is 1.68. The molecule has 80 valence electrons. The molecule has 1 aromatic rings. The van der Waals surface area contributed by atoms with Gasteiger partial charge in [0.2, 0.25) is 0 Å². The topological polar surface area (TPSA) is 9.23 Å². The second-order valence-corrected chi connectivity index (χ2v) is 4.59. The van der Waals surface area contributed by atoms with Crippen molar-refractivity contribution in [2.75, 3.05) is 7.11 Å². The Bertz CT molecular complexity index is 291. The van der Waals surface area contributed by atoms with E-state index in [1.165, 1.54) is 5.56 Å². The van der Waals surface area contributed by atoms with Gasteiger partial charge >= 0.3 is 0 Å². The van der Waals surface area contributed by atoms with E-state index in [9.17, 15) is 0 Å². The van der Waals surface area contributed by atoms with E-state index in [2.05, 4.69) is 32.9 Å². The molecule has 0 aliphatic heterocycles. The first kappa shape index (κ1) is 5.69. The highest BCUT2D eigenvalue weighted by molar-refractivity contribution is 5.28. The largest absolute Gasteiger partial charge is 0.497 e. The molecule has 1 aromatic carbocycles. The quantitative estimate of drug-likeness (QED) is 0.683. The summed E-state index contributed by atoms with van der Waals surface area (Å²) in [6, 6.07) is 8.27. The Morgan fingerprint density at radius 2 is 2.08 bits per heavy atom. The first-order chi connectivity index (χ1) is 10.0. The van der Waals surface area contributed by atoms with Gasteiger partial charge in [0.15, 0.2) is 0 Å². The van der Waals surface area contributed by atoms with E-state index in [-0.39, 0.29) is 0 Å². The first-order valence-corrected chi connectivity index (χ1v) is 4.64. The minimum absolute atomic E-state index is 0.340. The predicted octanol–water partition coefficient (Wildman–Crippen LogP) is 4.27. The van der Waals surface area contributed by atoms with Crippen molar-refractivity contribution in [3.8, 4) is 5.75 Å². The lowest BCUT2D eigenvalue weighted by molar-refractivity contribution is 0.402. The average Bonchev–Trinajstić information content (AvgIpc) is 2.54. The van der Waals surface area contributed by atoms with Crippen molar-refractivity contribution in [2.45, 2.75) is 27.2 Å². The van der Waals surface area contributed by atoms with E-state index in [1.54, 1.807) is 7.11 Å². The van der Waals surface area contributed by atoms with Gasteiger partial charge < -0.3 is 4.74 Å². The second-order valence-electron chi connectivity index (χ2n) is 4.59. The summed E-state index contributed by atoms with van der Waals surface area (Å²) in [5.74, 6) is 0.946. The third-order valence-corrected chi connectivity index (χ3v) is 1.87. The normalized spacial score (nSPS) is 13.8. The van der Waals surface area contributed by atoms with Gasteiger partial charge in [-0.05, 0) is 29.5 Å². The smallest absolute Gasteiger partial charge is 0.119 e. The van der Waals surface area contributed by atoms with Crippen LogP contribution in [0.5, 0.6) is 5.75 Å². The summed E-state index contributed by atoms with van der Waals surface area (Å²) in [5, 5.41) is 0. The van der Waals surface area contributed by atoms with Crippen molar-refractivity contribution in [1.82, 2.24) is 0 Å². The zero-order valence-corrected chi connectivity index (χ0v) is 8.92. The highest BCUT2D eigenvalue weighted by Crippen LogP contribution is 2.22. The van der Waals surface area contributed by atoms with Crippen molar-refractivity contribution in [3.63, 3.8) is 0 Å². The summed E-state index contributed by atoms with van der Waals surface area (Å²) in [6.45, 7) is 6.73. The van der Waals surface area contributed by atoms with Gasteiger partial charge in [-0.1, -0.05) is 32.9 Å². The fourth-order valence-corrected chi connectivity index (χ4v) is 1.39. The maximum absolute atomic E-state index is 5.17. The van der Waals surface area contributed by atoms with Gasteiger partial charge in [-0.2, -0.15) is 0 Å². The molecule has 1 heteroatoms. The Balaban J connectivity index is -0.000000156. The number of hydrogen-bond donors (Lipinski definition) is 0. The molecular formula is C12H26O. The summed E-state index contributed by atoms with van der Waals surface area (Å²) in [7, 11) is 1.70. The van der Waals surface area contributed by atoms with Gasteiger partial charge in [-0.3, -0.25) is 0 Å². The number of hydrogen-bond acceptors (Lipinski definition) is 1. The molecule has 0 saturated carbocycles. The molecule has 0 N–H and O–H groups in total. The minimum atomic E-state index is 0.340. The molecule has 0 unspecified atom stereocenters. The van der Waals surface area contributed by atoms with Crippen molar-refractivity contribution < 1.29 is 16.6 Å². The van der Waals surface area contributed by atoms with Crippen LogP contribution in [0.25, 0.3) is 0 Å². The summed E-state index contributed by atoms with van der Waals surface area (Å²) in [4.78, 5) is 0. The van der Waals surface area contributed by atoms with Crippen LogP contribution in [0.15, 0.2) is 24.3 Å². The average molecular weight is 194 g/mol. The van der Waals surface area contributed by atoms with Crippen LogP contribution < -0.4 is 4.74 Å². The minimum Gasteiger partial charge on any atom is -0.497 e. The van der Waals surface area contributed by atoms with E-state index in [4.69, 9.17) is 16.6 Å². The van der Waals surface area contributed by atoms with Crippen molar-refractivity contribution in [2.24, 2.45) is 5.41 Å². The predicted molar refractivity (Wildman–Crippen MR) is 64.6 cm³/mol. The Labute approximate surface area is 93.1 Å². The van der Waals surface area contributed by atoms with Crippen LogP contribution in [-0.4, -0.2) is 7.11 Å². The molecule has 0 radical (unpaired) electrons. The standard InChI is InChI=1S/C12H18O.4H2/c1-12(2,3)9-10-6-5-7-11(8-10)13-4;;;;/h5-8H,9H2,1-4H3;4*1H/i;4*1+1D. The molecule has 0 amide bonds. The lowest BCUT2D eigenvalue weighted by Crippen LogP contribution is -2.08. The Morgan fingerprint density at radius 1 is 1.38 bits per heavy atom. The Morgan fingerprint density at radius 3 is 2.62 bits per heavy atom. The van der Waals surface area contributed by atoms with E-state index in [1.807, 2.05) is 12.1 Å². The highest BCUT2D eigenvalue weighted by atomic mass is 16.5. The molecule has 1 nitrogen and oxygen atoms in total. The van der Waals surface area contributed by atoms with Crippen LogP contribution in [0.1, 0.15) is 38.2 Å². The Hall–Kier alpha value is -0.980. The summed E-state index contributed by atoms with van der Waals surface area (Å²) >= 11 is 0. The van der Waals surface area contributed by atoms with Crippen molar-refractivity contribution >= 4 is 0 Å². The monoisotopic (exact) mass is 194 g/mol. The molecule has 0 spiro atoms. The molecule has 0 atom stereocenters. The van der Waals surface area contributed by atoms with E-state index in [0.29, 0.717) is 5.41 Å². The number of methoxy groups -OCH3 is 1. The molecule has 0 bridgehead atoms. The van der Waals surface area contributed by atoms with Gasteiger partial charge in [0.1, 0.15) is 5.75 Å². The third kappa shape index (κ3) is 3.49. The second kappa shape index (κ2) is 3.82. The molecule has 0 aromatic heterocycles. The summed E-state index contributed by atoms with van der Waals surface area (Å²) < 4.78 is 45.2. The third-order valence-electron chi connectivity index (χ3n) is 1.87. The number of rotatable bonds is 2. The fraction of sp³-hybridized carbons (Fsp3) is 0.500. The van der Waals surface area contributed by atoms with Crippen LogP contribution >= 0.6 is 0 Å². The van der Waals surface area contributed by atoms with E-state index in [0.717, 1.165) is 12.2 Å². The molecular weight excluding hydrogens is 160 g/mol. The van der Waals surface area contributed by atoms with Gasteiger partial charge in [0.05, 0.1) is 7.11 Å². The zero-order chi connectivity index (χ0) is 17.9. The SMILES string of the molecule is COc1cccc(CC(C)(C)C)c1.[2H][2H].[2H][2H].[2H][2H].[2H][2H]. The van der Waals surface area contributed by atoms with Gasteiger partial charge in [0.25, 0.3) is 0 Å². The van der Waals surface area contributed by atoms with Gasteiger partial charge in [0, 0.05) is 11.9 Å². The number of benzene rings is 1. The van der Waals surface area contributed by atoms with Crippen LogP contribution in [-0.2, 0) is 6.42 Å². The molecule has 13 heavy (non-hydrogen) atoms. The number of ether oxygens (including phenoxy) is 1. The maximum atomic E-state index is 5.17. The van der Waals surface area contributed by atoms with Crippen LogP contribution in [0.3, 0.4) is 0 Å². The fourth-order valence-electron chi connectivity index (χ4n) is 1.39. The maximum Gasteiger partial charge on any atom is 0.119 e. The molecule has 0 aliphatic rings. The summed E-state index contributed by atoms with van der Waals surface area (Å²) in [6.07, 6.45) is 1.09. The lowest BCUT2D eigenvalue weighted by Gasteiger charge is -2.18. The molecule has 1 rings (SSSR count).